The van der Waals surface area contributed by atoms with Gasteiger partial charge >= 0.3 is 0 Å². The summed E-state index contributed by atoms with van der Waals surface area (Å²) in [4.78, 5) is 42.1. The zero-order valence-corrected chi connectivity index (χ0v) is 22.8. The maximum Gasteiger partial charge on any atom is 0.294 e. The van der Waals surface area contributed by atoms with Crippen LogP contribution in [0.15, 0.2) is 41.3 Å². The van der Waals surface area contributed by atoms with Crippen molar-refractivity contribution in [2.75, 3.05) is 23.3 Å². The number of thioether (sulfide) groups is 1. The van der Waals surface area contributed by atoms with E-state index in [-0.39, 0.29) is 12.1 Å². The maximum absolute atomic E-state index is 13.1. The van der Waals surface area contributed by atoms with E-state index in [0.29, 0.717) is 16.5 Å². The summed E-state index contributed by atoms with van der Waals surface area (Å²) in [5, 5.41) is 2.33. The van der Waals surface area contributed by atoms with Crippen LogP contribution in [0.3, 0.4) is 0 Å². The molecule has 1 fully saturated rings. The van der Waals surface area contributed by atoms with Gasteiger partial charge in [0.25, 0.3) is 11.1 Å². The second-order valence-corrected chi connectivity index (χ2v) is 11.5. The van der Waals surface area contributed by atoms with E-state index in [1.807, 2.05) is 26.0 Å². The van der Waals surface area contributed by atoms with Gasteiger partial charge in [-0.15, -0.1) is 0 Å². The number of nitrogens with one attached hydrogen (secondary N) is 1. The van der Waals surface area contributed by atoms with Crippen LogP contribution in [0, 0.1) is 13.8 Å². The topological polar surface area (TPSA) is 69.7 Å². The van der Waals surface area contributed by atoms with Crippen LogP contribution in [0.5, 0.6) is 0 Å². The number of hydrogen-bond acceptors (Lipinski definition) is 5. The van der Waals surface area contributed by atoms with E-state index in [9.17, 15) is 14.4 Å². The van der Waals surface area contributed by atoms with Crippen molar-refractivity contribution in [3.8, 4) is 0 Å². The van der Waals surface area contributed by atoms with Crippen molar-refractivity contribution in [2.45, 2.75) is 65.8 Å². The average Bonchev–Trinajstić information content (AvgIpc) is 3.06. The number of amides is 3. The Morgan fingerprint density at radius 2 is 1.86 bits per heavy atom. The van der Waals surface area contributed by atoms with Crippen LogP contribution < -0.4 is 10.2 Å². The number of benzene rings is 2. The second-order valence-electron chi connectivity index (χ2n) is 10.5. The van der Waals surface area contributed by atoms with Crippen molar-refractivity contribution in [2.24, 2.45) is 0 Å². The van der Waals surface area contributed by atoms with Crippen molar-refractivity contribution in [1.82, 2.24) is 4.90 Å². The molecular formula is C29H35N3O3S. The van der Waals surface area contributed by atoms with Gasteiger partial charge in [0.2, 0.25) is 5.91 Å². The number of carbonyl (C=O) groups excluding carboxylic acids is 3. The van der Waals surface area contributed by atoms with Crippen molar-refractivity contribution in [3.63, 3.8) is 0 Å². The van der Waals surface area contributed by atoms with Gasteiger partial charge in [-0.3, -0.25) is 19.3 Å². The molecule has 2 heterocycles. The second kappa shape index (κ2) is 10.1. The van der Waals surface area contributed by atoms with Gasteiger partial charge in [0.05, 0.1) is 4.91 Å². The molecule has 1 saturated heterocycles. The summed E-state index contributed by atoms with van der Waals surface area (Å²) < 4.78 is 0. The monoisotopic (exact) mass is 505 g/mol. The predicted molar refractivity (Wildman–Crippen MR) is 148 cm³/mol. The highest BCUT2D eigenvalue weighted by Gasteiger charge is 2.38. The lowest BCUT2D eigenvalue weighted by Gasteiger charge is -2.48. The molecule has 0 radical (unpaired) electrons. The Kier molecular flexibility index (Phi) is 7.32. The van der Waals surface area contributed by atoms with Crippen LogP contribution >= 0.6 is 11.8 Å². The maximum atomic E-state index is 13.1. The molecule has 3 amide bonds. The predicted octanol–water partition coefficient (Wildman–Crippen LogP) is 6.48. The van der Waals surface area contributed by atoms with Crippen molar-refractivity contribution in [1.29, 1.82) is 0 Å². The minimum Gasteiger partial charge on any atom is -0.366 e. The molecule has 7 heteroatoms. The molecule has 0 bridgehead atoms. The number of imide groups is 1. The number of carbonyl (C=O) groups is 3. The molecule has 1 unspecified atom stereocenters. The molecule has 1 N–H and O–H groups in total. The molecule has 36 heavy (non-hydrogen) atoms. The van der Waals surface area contributed by atoms with E-state index >= 15 is 0 Å². The molecule has 2 aliphatic rings. The number of aryl methyl sites for hydroxylation is 2. The lowest BCUT2D eigenvalue weighted by Crippen LogP contribution is -2.48. The molecule has 0 aromatic heterocycles. The minimum absolute atomic E-state index is 0.0815. The average molecular weight is 506 g/mol. The third-order valence-electron chi connectivity index (χ3n) is 7.02. The molecule has 6 nitrogen and oxygen atoms in total. The first-order chi connectivity index (χ1) is 17.0. The molecular weight excluding hydrogens is 470 g/mol. The number of rotatable bonds is 6. The SMILES string of the molecule is CCCN1c2cc(C)c(/C=C3/SC(=O)N(CC(=O)Nc4ccc(C)cc4)C3=O)cc2C(C)CC1(C)C. The van der Waals surface area contributed by atoms with E-state index in [1.54, 1.807) is 18.2 Å². The summed E-state index contributed by atoms with van der Waals surface area (Å²) >= 11 is 0.890. The Balaban J connectivity index is 1.55. The Morgan fingerprint density at radius 3 is 2.53 bits per heavy atom. The molecule has 0 saturated carbocycles. The van der Waals surface area contributed by atoms with Gasteiger partial charge in [-0.1, -0.05) is 31.5 Å². The summed E-state index contributed by atoms with van der Waals surface area (Å²) in [6, 6.07) is 11.8. The van der Waals surface area contributed by atoms with E-state index in [0.717, 1.165) is 52.7 Å². The van der Waals surface area contributed by atoms with Gasteiger partial charge in [0, 0.05) is 23.5 Å². The molecule has 0 aliphatic carbocycles. The molecule has 2 aromatic carbocycles. The Hall–Kier alpha value is -3.06. The highest BCUT2D eigenvalue weighted by molar-refractivity contribution is 8.18. The van der Waals surface area contributed by atoms with Crippen molar-refractivity contribution >= 4 is 46.3 Å². The fourth-order valence-electron chi connectivity index (χ4n) is 5.21. The molecule has 2 aliphatic heterocycles. The van der Waals surface area contributed by atoms with E-state index in [4.69, 9.17) is 0 Å². The van der Waals surface area contributed by atoms with Gasteiger partial charge in [-0.05, 0) is 105 Å². The van der Waals surface area contributed by atoms with E-state index < -0.39 is 17.1 Å². The highest BCUT2D eigenvalue weighted by atomic mass is 32.2. The third-order valence-corrected chi connectivity index (χ3v) is 7.93. The number of anilines is 2. The minimum atomic E-state index is -0.428. The zero-order valence-electron chi connectivity index (χ0n) is 22.0. The number of nitrogens with zero attached hydrogens (tertiary/aromatic N) is 2. The Morgan fingerprint density at radius 1 is 1.17 bits per heavy atom. The van der Waals surface area contributed by atoms with Crippen molar-refractivity contribution in [3.05, 3.63) is 63.6 Å². The summed E-state index contributed by atoms with van der Waals surface area (Å²) in [5.41, 5.74) is 6.32. The lowest BCUT2D eigenvalue weighted by atomic mass is 9.79. The summed E-state index contributed by atoms with van der Waals surface area (Å²) in [6.45, 7) is 13.8. The normalized spacial score (nSPS) is 20.2. The van der Waals surface area contributed by atoms with Gasteiger partial charge in [-0.25, -0.2) is 0 Å². The van der Waals surface area contributed by atoms with Crippen LogP contribution in [-0.2, 0) is 9.59 Å². The van der Waals surface area contributed by atoms with Gasteiger partial charge in [-0.2, -0.15) is 0 Å². The summed E-state index contributed by atoms with van der Waals surface area (Å²) in [6.07, 6.45) is 3.92. The van der Waals surface area contributed by atoms with Gasteiger partial charge < -0.3 is 10.2 Å². The van der Waals surface area contributed by atoms with Crippen LogP contribution in [-0.4, -0.2) is 40.6 Å². The molecule has 1 atom stereocenters. The largest absolute Gasteiger partial charge is 0.366 e. The molecule has 190 valence electrons. The molecule has 0 spiro atoms. The molecule has 2 aromatic rings. The summed E-state index contributed by atoms with van der Waals surface area (Å²) in [5.74, 6) is -0.445. The Bertz CT molecular complexity index is 1230. The van der Waals surface area contributed by atoms with Crippen LogP contribution in [0.1, 0.15) is 68.7 Å². The third kappa shape index (κ3) is 5.21. The Labute approximate surface area is 218 Å². The van der Waals surface area contributed by atoms with Crippen LogP contribution in [0.25, 0.3) is 6.08 Å². The lowest BCUT2D eigenvalue weighted by molar-refractivity contribution is -0.127. The quantitative estimate of drug-likeness (QED) is 0.455. The first kappa shape index (κ1) is 26.0. The zero-order chi connectivity index (χ0) is 26.2. The van der Waals surface area contributed by atoms with Crippen LogP contribution in [0.4, 0.5) is 16.2 Å². The standard InChI is InChI=1S/C29H35N3O3S/c1-7-12-32-24-13-19(3)21(14-23(24)20(4)16-29(32,5)6)15-25-27(34)31(28(35)36-25)17-26(33)30-22-10-8-18(2)9-11-22/h8-11,13-15,20H,7,12,16-17H2,1-6H3,(H,30,33)/b25-15+. The highest BCUT2D eigenvalue weighted by Crippen LogP contribution is 2.45. The first-order valence-corrected chi connectivity index (χ1v) is 13.4. The fourth-order valence-corrected chi connectivity index (χ4v) is 6.04. The van der Waals surface area contributed by atoms with Gasteiger partial charge in [0.1, 0.15) is 6.54 Å². The van der Waals surface area contributed by atoms with E-state index in [1.165, 1.54) is 11.3 Å². The fraction of sp³-hybridized carbons (Fsp3) is 0.414. The molecule has 4 rings (SSSR count). The summed E-state index contributed by atoms with van der Waals surface area (Å²) in [7, 11) is 0. The van der Waals surface area contributed by atoms with Crippen LogP contribution in [0.2, 0.25) is 0 Å². The number of fused-ring (bicyclic) bond motifs is 1. The van der Waals surface area contributed by atoms with Gasteiger partial charge in [0.15, 0.2) is 0 Å². The van der Waals surface area contributed by atoms with Crippen molar-refractivity contribution < 1.29 is 14.4 Å². The van der Waals surface area contributed by atoms with E-state index in [2.05, 4.69) is 50.0 Å². The first-order valence-electron chi connectivity index (χ1n) is 12.5. The number of hydrogen-bond donors (Lipinski definition) is 1. The smallest absolute Gasteiger partial charge is 0.294 e.